The van der Waals surface area contributed by atoms with Crippen molar-refractivity contribution < 1.29 is 17.9 Å². The third-order valence-corrected chi connectivity index (χ3v) is 6.95. The van der Waals surface area contributed by atoms with Gasteiger partial charge < -0.3 is 10.1 Å². The molecule has 8 nitrogen and oxygen atoms in total. The van der Waals surface area contributed by atoms with E-state index >= 15 is 0 Å². The van der Waals surface area contributed by atoms with Crippen LogP contribution in [-0.4, -0.2) is 38.3 Å². The summed E-state index contributed by atoms with van der Waals surface area (Å²) in [6, 6.07) is 10.7. The van der Waals surface area contributed by atoms with Gasteiger partial charge in [-0.3, -0.25) is 18.5 Å². The van der Waals surface area contributed by atoms with Crippen LogP contribution in [-0.2, 0) is 14.8 Å². The van der Waals surface area contributed by atoms with Crippen molar-refractivity contribution in [3.8, 4) is 5.75 Å². The van der Waals surface area contributed by atoms with Gasteiger partial charge in [-0.25, -0.2) is 8.42 Å². The summed E-state index contributed by atoms with van der Waals surface area (Å²) >= 11 is 1.10. The maximum absolute atomic E-state index is 12.9. The highest BCUT2D eigenvalue weighted by atomic mass is 32.2. The quantitative estimate of drug-likeness (QED) is 0.579. The van der Waals surface area contributed by atoms with E-state index in [-0.39, 0.29) is 10.9 Å². The predicted molar refractivity (Wildman–Crippen MR) is 125 cm³/mol. The Kier molecular flexibility index (Phi) is 6.42. The van der Waals surface area contributed by atoms with Gasteiger partial charge in [-0.2, -0.15) is 0 Å². The molecule has 0 spiro atoms. The molecular formula is C21H25N3O5S2. The number of carbonyl (C=O) groups is 1. The monoisotopic (exact) mass is 463 g/mol. The van der Waals surface area contributed by atoms with Crippen molar-refractivity contribution >= 4 is 48.9 Å². The number of fused-ring (bicyclic) bond motifs is 1. The molecule has 31 heavy (non-hydrogen) atoms. The van der Waals surface area contributed by atoms with Crippen LogP contribution >= 0.6 is 11.3 Å². The molecule has 0 aliphatic rings. The van der Waals surface area contributed by atoms with E-state index in [2.05, 4.69) is 5.32 Å². The van der Waals surface area contributed by atoms with Crippen LogP contribution in [0.4, 0.5) is 11.4 Å². The summed E-state index contributed by atoms with van der Waals surface area (Å²) in [7, 11) is -2.27. The summed E-state index contributed by atoms with van der Waals surface area (Å²) in [5.41, 5.74) is 1.61. The lowest BCUT2D eigenvalue weighted by molar-refractivity contribution is -0.116. The van der Waals surface area contributed by atoms with Gasteiger partial charge in [-0.1, -0.05) is 17.4 Å². The SMILES string of the molecule is COc1cccc(N(C(C)C(=O)Nc2ccc3c(c2)sc(=O)n3C(C)C)S(C)(=O)=O)c1. The minimum atomic E-state index is -3.75. The highest BCUT2D eigenvalue weighted by Gasteiger charge is 2.29. The van der Waals surface area contributed by atoms with Gasteiger partial charge in [0.05, 0.1) is 29.3 Å². The van der Waals surface area contributed by atoms with Crippen LogP contribution in [0.2, 0.25) is 0 Å². The number of methoxy groups -OCH3 is 1. The molecule has 0 saturated carbocycles. The van der Waals surface area contributed by atoms with Crippen molar-refractivity contribution in [1.82, 2.24) is 4.57 Å². The first-order chi connectivity index (χ1) is 14.5. The molecule has 1 amide bonds. The zero-order valence-electron chi connectivity index (χ0n) is 17.9. The number of anilines is 2. The number of sulfonamides is 1. The molecule has 0 aliphatic carbocycles. The van der Waals surface area contributed by atoms with Crippen LogP contribution < -0.4 is 19.2 Å². The Labute approximate surface area is 185 Å². The molecule has 1 atom stereocenters. The average Bonchev–Trinajstić information content (AvgIpc) is 3.02. The summed E-state index contributed by atoms with van der Waals surface area (Å²) in [4.78, 5) is 25.1. The third kappa shape index (κ3) is 4.75. The largest absolute Gasteiger partial charge is 0.497 e. The first-order valence-electron chi connectivity index (χ1n) is 9.62. The molecule has 3 rings (SSSR count). The molecular weight excluding hydrogens is 438 g/mol. The molecule has 0 fully saturated rings. The van der Waals surface area contributed by atoms with Crippen LogP contribution in [0.1, 0.15) is 26.8 Å². The van der Waals surface area contributed by atoms with E-state index in [4.69, 9.17) is 4.74 Å². The lowest BCUT2D eigenvalue weighted by atomic mass is 10.2. The highest BCUT2D eigenvalue weighted by molar-refractivity contribution is 7.92. The minimum Gasteiger partial charge on any atom is -0.497 e. The molecule has 0 saturated heterocycles. The van der Waals surface area contributed by atoms with Crippen LogP contribution in [0.5, 0.6) is 5.75 Å². The van der Waals surface area contributed by atoms with E-state index in [1.165, 1.54) is 14.0 Å². The number of hydrogen-bond donors (Lipinski definition) is 1. The zero-order valence-corrected chi connectivity index (χ0v) is 19.6. The van der Waals surface area contributed by atoms with Gasteiger partial charge in [0, 0.05) is 17.8 Å². The summed E-state index contributed by atoms with van der Waals surface area (Å²) in [6.07, 6.45) is 1.05. The number of ether oxygens (including phenoxy) is 1. The highest BCUT2D eigenvalue weighted by Crippen LogP contribution is 2.27. The molecule has 0 bridgehead atoms. The molecule has 0 aliphatic heterocycles. The van der Waals surface area contributed by atoms with E-state index in [1.54, 1.807) is 47.0 Å². The summed E-state index contributed by atoms with van der Waals surface area (Å²) < 4.78 is 33.6. The minimum absolute atomic E-state index is 0.0212. The smallest absolute Gasteiger partial charge is 0.308 e. The first kappa shape index (κ1) is 22.8. The number of amides is 1. The third-order valence-electron chi connectivity index (χ3n) is 4.79. The number of hydrogen-bond acceptors (Lipinski definition) is 6. The van der Waals surface area contributed by atoms with Crippen molar-refractivity contribution in [3.05, 3.63) is 52.1 Å². The van der Waals surface area contributed by atoms with Gasteiger partial charge in [0.25, 0.3) is 0 Å². The van der Waals surface area contributed by atoms with Gasteiger partial charge in [-0.15, -0.1) is 0 Å². The Morgan fingerprint density at radius 3 is 2.48 bits per heavy atom. The number of nitrogens with one attached hydrogen (secondary N) is 1. The van der Waals surface area contributed by atoms with Gasteiger partial charge in [0.1, 0.15) is 11.8 Å². The number of nitrogens with zero attached hydrogens (tertiary/aromatic N) is 2. The standard InChI is InChI=1S/C21H25N3O5S2/c1-13(2)23-18-10-9-15(11-19(18)30-21(23)26)22-20(25)14(3)24(31(5,27)28)16-7-6-8-17(12-16)29-4/h6-14H,1-5H3,(H,22,25). The van der Waals surface area contributed by atoms with Crippen LogP contribution in [0.15, 0.2) is 47.3 Å². The Morgan fingerprint density at radius 1 is 1.16 bits per heavy atom. The molecule has 0 radical (unpaired) electrons. The molecule has 1 aromatic heterocycles. The number of carbonyl (C=O) groups excluding carboxylic acids is 1. The van der Waals surface area contributed by atoms with Crippen LogP contribution in [0, 0.1) is 0 Å². The van der Waals surface area contributed by atoms with E-state index in [0.29, 0.717) is 17.1 Å². The molecule has 166 valence electrons. The Hall–Kier alpha value is -2.85. The van der Waals surface area contributed by atoms with E-state index in [1.807, 2.05) is 13.8 Å². The normalized spacial score (nSPS) is 12.7. The van der Waals surface area contributed by atoms with Gasteiger partial charge in [-0.05, 0) is 51.1 Å². The average molecular weight is 464 g/mol. The number of aromatic nitrogens is 1. The van der Waals surface area contributed by atoms with E-state index in [9.17, 15) is 18.0 Å². The Balaban J connectivity index is 1.91. The summed E-state index contributed by atoms with van der Waals surface area (Å²) in [5, 5.41) is 2.76. The second-order valence-electron chi connectivity index (χ2n) is 7.44. The number of benzene rings is 2. The van der Waals surface area contributed by atoms with Crippen molar-refractivity contribution in [2.45, 2.75) is 32.9 Å². The fourth-order valence-corrected chi connectivity index (χ4v) is 5.63. The lowest BCUT2D eigenvalue weighted by Crippen LogP contribution is -2.45. The van der Waals surface area contributed by atoms with Crippen molar-refractivity contribution in [3.63, 3.8) is 0 Å². The summed E-state index contributed by atoms with van der Waals surface area (Å²) in [5.74, 6) is -0.0167. The van der Waals surface area contributed by atoms with Crippen molar-refractivity contribution in [2.24, 2.45) is 0 Å². The molecule has 10 heteroatoms. The van der Waals surface area contributed by atoms with Gasteiger partial charge in [0.15, 0.2) is 0 Å². The second-order valence-corrected chi connectivity index (χ2v) is 10.3. The second kappa shape index (κ2) is 8.72. The summed E-state index contributed by atoms with van der Waals surface area (Å²) in [6.45, 7) is 5.38. The lowest BCUT2D eigenvalue weighted by Gasteiger charge is -2.28. The number of rotatable bonds is 7. The van der Waals surface area contributed by atoms with E-state index in [0.717, 1.165) is 32.1 Å². The Morgan fingerprint density at radius 2 is 1.87 bits per heavy atom. The molecule has 1 N–H and O–H groups in total. The zero-order chi connectivity index (χ0) is 22.9. The fourth-order valence-electron chi connectivity index (χ4n) is 3.41. The topological polar surface area (TPSA) is 97.7 Å². The van der Waals surface area contributed by atoms with Crippen LogP contribution in [0.3, 0.4) is 0 Å². The first-order valence-corrected chi connectivity index (χ1v) is 12.3. The van der Waals surface area contributed by atoms with E-state index < -0.39 is 22.0 Å². The molecule has 3 aromatic rings. The van der Waals surface area contributed by atoms with Gasteiger partial charge >= 0.3 is 4.87 Å². The van der Waals surface area contributed by atoms with Gasteiger partial charge in [0.2, 0.25) is 15.9 Å². The fraction of sp³-hybridized carbons (Fsp3) is 0.333. The maximum Gasteiger partial charge on any atom is 0.308 e. The maximum atomic E-state index is 12.9. The molecule has 1 heterocycles. The number of thiazole rings is 1. The van der Waals surface area contributed by atoms with Crippen molar-refractivity contribution in [1.29, 1.82) is 0 Å². The molecule has 1 unspecified atom stereocenters. The van der Waals surface area contributed by atoms with Crippen molar-refractivity contribution in [2.75, 3.05) is 23.0 Å². The van der Waals surface area contributed by atoms with Crippen LogP contribution in [0.25, 0.3) is 10.2 Å². The predicted octanol–water partition coefficient (Wildman–Crippen LogP) is 3.45. The molecule has 2 aromatic carbocycles. The Bertz CT molecular complexity index is 1280.